The van der Waals surface area contributed by atoms with E-state index in [2.05, 4.69) is 37.4 Å². The van der Waals surface area contributed by atoms with E-state index in [0.29, 0.717) is 0 Å². The molecule has 1 aliphatic heterocycles. The highest BCUT2D eigenvalue weighted by Crippen LogP contribution is 2.19. The molecular formula is C15H23N3O. The van der Waals surface area contributed by atoms with Gasteiger partial charge in [0.1, 0.15) is 0 Å². The van der Waals surface area contributed by atoms with Gasteiger partial charge in [0.05, 0.1) is 0 Å². The lowest BCUT2D eigenvalue weighted by Gasteiger charge is -2.24. The molecular weight excluding hydrogens is 238 g/mol. The topological polar surface area (TPSA) is 35.6 Å². The zero-order valence-corrected chi connectivity index (χ0v) is 12.2. The fraction of sp³-hybridized carbons (Fsp3) is 0.533. The van der Waals surface area contributed by atoms with Crippen molar-refractivity contribution in [1.29, 1.82) is 0 Å². The summed E-state index contributed by atoms with van der Waals surface area (Å²) in [6, 6.07) is 6.82. The minimum atomic E-state index is 0.129. The van der Waals surface area contributed by atoms with Gasteiger partial charge < -0.3 is 15.1 Å². The number of rotatable bonds is 4. The molecule has 1 atom stereocenters. The Labute approximate surface area is 115 Å². The lowest BCUT2D eigenvalue weighted by Crippen LogP contribution is -2.36. The third kappa shape index (κ3) is 2.89. The molecule has 2 amide bonds. The van der Waals surface area contributed by atoms with E-state index in [1.54, 1.807) is 4.90 Å². The van der Waals surface area contributed by atoms with Crippen LogP contribution in [0.1, 0.15) is 22.7 Å². The molecule has 104 valence electrons. The lowest BCUT2D eigenvalue weighted by molar-refractivity contribution is 0.194. The number of nitrogens with one attached hydrogen (secondary N) is 1. The number of carbonyl (C=O) groups is 1. The fourth-order valence-corrected chi connectivity index (χ4v) is 2.44. The summed E-state index contributed by atoms with van der Waals surface area (Å²) in [6.45, 7) is 6.61. The van der Waals surface area contributed by atoms with Gasteiger partial charge >= 0.3 is 6.03 Å². The summed E-state index contributed by atoms with van der Waals surface area (Å²) in [5.41, 5.74) is 3.84. The van der Waals surface area contributed by atoms with E-state index in [1.165, 1.54) is 16.7 Å². The summed E-state index contributed by atoms with van der Waals surface area (Å²) in [7, 11) is 3.80. The van der Waals surface area contributed by atoms with Gasteiger partial charge in [0, 0.05) is 32.7 Å². The highest BCUT2D eigenvalue weighted by atomic mass is 16.2. The van der Waals surface area contributed by atoms with E-state index >= 15 is 0 Å². The first-order valence-corrected chi connectivity index (χ1v) is 6.77. The fourth-order valence-electron chi connectivity index (χ4n) is 2.44. The molecule has 19 heavy (non-hydrogen) atoms. The SMILES string of the molecule is CNC(CN1CCN(C)C1=O)c1ccc(C)c(C)c1. The standard InChI is InChI=1S/C15H23N3O/c1-11-5-6-13(9-12(11)2)14(16-3)10-18-8-7-17(4)15(18)19/h5-6,9,14,16H,7-8,10H2,1-4H3. The van der Waals surface area contributed by atoms with Crippen LogP contribution < -0.4 is 5.32 Å². The van der Waals surface area contributed by atoms with Gasteiger partial charge in [0.25, 0.3) is 0 Å². The summed E-state index contributed by atoms with van der Waals surface area (Å²) in [5, 5.41) is 3.31. The minimum Gasteiger partial charge on any atom is -0.326 e. The van der Waals surface area contributed by atoms with E-state index < -0.39 is 0 Å². The molecule has 0 aromatic heterocycles. The first-order valence-electron chi connectivity index (χ1n) is 6.77. The van der Waals surface area contributed by atoms with Crippen molar-refractivity contribution < 1.29 is 4.79 Å². The Bertz CT molecular complexity index is 472. The van der Waals surface area contributed by atoms with Gasteiger partial charge in [-0.05, 0) is 37.6 Å². The molecule has 4 heteroatoms. The Morgan fingerprint density at radius 2 is 2.00 bits per heavy atom. The largest absolute Gasteiger partial charge is 0.326 e. The highest BCUT2D eigenvalue weighted by Gasteiger charge is 2.27. The van der Waals surface area contributed by atoms with Gasteiger partial charge in [-0.2, -0.15) is 0 Å². The van der Waals surface area contributed by atoms with Crippen LogP contribution in [0.2, 0.25) is 0 Å². The van der Waals surface area contributed by atoms with Crippen molar-refractivity contribution in [3.63, 3.8) is 0 Å². The third-order valence-electron chi connectivity index (χ3n) is 3.99. The van der Waals surface area contributed by atoms with Crippen LogP contribution in [0.4, 0.5) is 4.79 Å². The molecule has 0 bridgehead atoms. The van der Waals surface area contributed by atoms with E-state index in [1.807, 2.05) is 19.0 Å². The summed E-state index contributed by atoms with van der Waals surface area (Å²) in [5.74, 6) is 0. The second-order valence-corrected chi connectivity index (χ2v) is 5.34. The van der Waals surface area contributed by atoms with Crippen LogP contribution in [0.15, 0.2) is 18.2 Å². The van der Waals surface area contributed by atoms with Crippen molar-refractivity contribution in [3.05, 3.63) is 34.9 Å². The van der Waals surface area contributed by atoms with E-state index in [0.717, 1.165) is 19.6 Å². The number of likely N-dealkylation sites (N-methyl/N-ethyl adjacent to an activating group) is 2. The van der Waals surface area contributed by atoms with Gasteiger partial charge in [-0.15, -0.1) is 0 Å². The molecule has 1 aliphatic rings. The van der Waals surface area contributed by atoms with Gasteiger partial charge in [-0.25, -0.2) is 4.79 Å². The highest BCUT2D eigenvalue weighted by molar-refractivity contribution is 5.76. The molecule has 1 heterocycles. The Morgan fingerprint density at radius 1 is 1.26 bits per heavy atom. The zero-order valence-electron chi connectivity index (χ0n) is 12.2. The van der Waals surface area contributed by atoms with Gasteiger partial charge in [0.15, 0.2) is 0 Å². The summed E-state index contributed by atoms with van der Waals surface area (Å²) in [4.78, 5) is 15.6. The molecule has 1 aromatic rings. The van der Waals surface area contributed by atoms with Crippen molar-refractivity contribution in [2.45, 2.75) is 19.9 Å². The van der Waals surface area contributed by atoms with Crippen LogP contribution in [-0.2, 0) is 0 Å². The number of hydrogen-bond acceptors (Lipinski definition) is 2. The number of urea groups is 1. The monoisotopic (exact) mass is 261 g/mol. The molecule has 1 fully saturated rings. The summed E-state index contributed by atoms with van der Waals surface area (Å²) in [6.07, 6.45) is 0. The Kier molecular flexibility index (Phi) is 4.10. The van der Waals surface area contributed by atoms with E-state index in [9.17, 15) is 4.79 Å². The molecule has 2 rings (SSSR count). The van der Waals surface area contributed by atoms with E-state index in [-0.39, 0.29) is 12.1 Å². The van der Waals surface area contributed by atoms with Crippen molar-refractivity contribution in [3.8, 4) is 0 Å². The smallest absolute Gasteiger partial charge is 0.319 e. The molecule has 1 unspecified atom stereocenters. The molecule has 0 spiro atoms. The first-order chi connectivity index (χ1) is 9.02. The van der Waals surface area contributed by atoms with Crippen LogP contribution in [0.5, 0.6) is 0 Å². The number of amides is 2. The predicted molar refractivity (Wildman–Crippen MR) is 77.3 cm³/mol. The lowest BCUT2D eigenvalue weighted by atomic mass is 10.0. The van der Waals surface area contributed by atoms with Gasteiger partial charge in [-0.1, -0.05) is 18.2 Å². The molecule has 0 aliphatic carbocycles. The van der Waals surface area contributed by atoms with Crippen molar-refractivity contribution in [1.82, 2.24) is 15.1 Å². The van der Waals surface area contributed by atoms with Crippen LogP contribution in [0.3, 0.4) is 0 Å². The average molecular weight is 261 g/mol. The molecule has 1 N–H and O–H groups in total. The Hall–Kier alpha value is -1.55. The first kappa shape index (κ1) is 13.9. The number of benzene rings is 1. The quantitative estimate of drug-likeness (QED) is 0.899. The molecule has 0 radical (unpaired) electrons. The zero-order chi connectivity index (χ0) is 14.0. The summed E-state index contributed by atoms with van der Waals surface area (Å²) < 4.78 is 0. The molecule has 1 aromatic carbocycles. The Balaban J connectivity index is 2.12. The van der Waals surface area contributed by atoms with Crippen molar-refractivity contribution in [2.75, 3.05) is 33.7 Å². The van der Waals surface area contributed by atoms with Crippen molar-refractivity contribution >= 4 is 6.03 Å². The third-order valence-corrected chi connectivity index (χ3v) is 3.99. The van der Waals surface area contributed by atoms with Gasteiger partial charge in [-0.3, -0.25) is 0 Å². The van der Waals surface area contributed by atoms with E-state index in [4.69, 9.17) is 0 Å². The molecule has 4 nitrogen and oxygen atoms in total. The molecule has 0 saturated carbocycles. The second kappa shape index (κ2) is 5.61. The summed E-state index contributed by atoms with van der Waals surface area (Å²) >= 11 is 0. The molecule has 1 saturated heterocycles. The normalized spacial score (nSPS) is 17.2. The van der Waals surface area contributed by atoms with Crippen LogP contribution in [0, 0.1) is 13.8 Å². The minimum absolute atomic E-state index is 0.129. The second-order valence-electron chi connectivity index (χ2n) is 5.34. The van der Waals surface area contributed by atoms with Crippen LogP contribution >= 0.6 is 0 Å². The number of hydrogen-bond donors (Lipinski definition) is 1. The van der Waals surface area contributed by atoms with Crippen molar-refractivity contribution in [2.24, 2.45) is 0 Å². The van der Waals surface area contributed by atoms with Crippen LogP contribution in [0.25, 0.3) is 0 Å². The van der Waals surface area contributed by atoms with Gasteiger partial charge in [0.2, 0.25) is 0 Å². The number of carbonyl (C=O) groups excluding carboxylic acids is 1. The van der Waals surface area contributed by atoms with Crippen LogP contribution in [-0.4, -0.2) is 49.6 Å². The maximum Gasteiger partial charge on any atom is 0.319 e. The number of aryl methyl sites for hydroxylation is 2. The maximum absolute atomic E-state index is 11.9. The number of nitrogens with zero attached hydrogens (tertiary/aromatic N) is 2. The predicted octanol–water partition coefficient (Wildman–Crippen LogP) is 1.93. The maximum atomic E-state index is 11.9. The average Bonchev–Trinajstić information content (AvgIpc) is 2.71. The Morgan fingerprint density at radius 3 is 2.53 bits per heavy atom.